The summed E-state index contributed by atoms with van der Waals surface area (Å²) in [5.41, 5.74) is 9.21. The third-order valence-corrected chi connectivity index (χ3v) is 2.78. The summed E-state index contributed by atoms with van der Waals surface area (Å²) in [7, 11) is 2.02. The van der Waals surface area contributed by atoms with E-state index in [1.54, 1.807) is 0 Å². The Morgan fingerprint density at radius 1 is 1.47 bits per heavy atom. The van der Waals surface area contributed by atoms with Gasteiger partial charge in [0.25, 0.3) is 0 Å². The fraction of sp³-hybridized carbons (Fsp3) is 0.417. The molecule has 1 unspecified atom stereocenters. The van der Waals surface area contributed by atoms with Gasteiger partial charge in [-0.05, 0) is 36.6 Å². The van der Waals surface area contributed by atoms with Crippen LogP contribution in [-0.4, -0.2) is 16.1 Å². The molecule has 2 rings (SSSR count). The lowest BCUT2D eigenvalue weighted by Gasteiger charge is -2.08. The molecule has 80 valence electrons. The molecule has 0 bridgehead atoms. The molecule has 0 spiro atoms. The molecule has 1 aromatic heterocycles. The van der Waals surface area contributed by atoms with Crippen molar-refractivity contribution >= 4 is 11.0 Å². The number of hydrogen-bond donors (Lipinski definition) is 1. The van der Waals surface area contributed by atoms with Crippen LogP contribution in [0.25, 0.3) is 11.0 Å². The average molecular weight is 203 g/mol. The Balaban J connectivity index is 2.33. The molecule has 3 heteroatoms. The van der Waals surface area contributed by atoms with Gasteiger partial charge in [0.2, 0.25) is 0 Å². The number of nitrogens with two attached hydrogens (primary N) is 1. The zero-order valence-corrected chi connectivity index (χ0v) is 9.27. The zero-order valence-electron chi connectivity index (χ0n) is 9.27. The van der Waals surface area contributed by atoms with Crippen LogP contribution >= 0.6 is 0 Å². The molecule has 2 aromatic rings. The summed E-state index contributed by atoms with van der Waals surface area (Å²) >= 11 is 0. The summed E-state index contributed by atoms with van der Waals surface area (Å²) in [6.45, 7) is 2.91. The van der Waals surface area contributed by atoms with Gasteiger partial charge in [0.1, 0.15) is 0 Å². The molecule has 0 aliphatic heterocycles. The van der Waals surface area contributed by atoms with Gasteiger partial charge in [-0.25, -0.2) is 4.98 Å². The van der Waals surface area contributed by atoms with E-state index in [4.69, 9.17) is 5.73 Å². The van der Waals surface area contributed by atoms with Gasteiger partial charge in [-0.2, -0.15) is 0 Å². The van der Waals surface area contributed by atoms with Gasteiger partial charge in [0.05, 0.1) is 17.4 Å². The first-order valence-corrected chi connectivity index (χ1v) is 5.30. The highest BCUT2D eigenvalue weighted by Crippen LogP contribution is 2.16. The molecule has 1 heterocycles. The van der Waals surface area contributed by atoms with E-state index in [-0.39, 0.29) is 0 Å². The molecule has 0 aliphatic carbocycles. The van der Waals surface area contributed by atoms with E-state index in [9.17, 15) is 0 Å². The fourth-order valence-corrected chi connectivity index (χ4v) is 1.78. The lowest BCUT2D eigenvalue weighted by molar-refractivity contribution is 0.593. The van der Waals surface area contributed by atoms with Crippen LogP contribution in [0.15, 0.2) is 24.5 Å². The highest BCUT2D eigenvalue weighted by atomic mass is 15.0. The van der Waals surface area contributed by atoms with Crippen LogP contribution in [0, 0.1) is 5.92 Å². The Hall–Kier alpha value is -1.35. The third-order valence-electron chi connectivity index (χ3n) is 2.78. The van der Waals surface area contributed by atoms with Gasteiger partial charge in [-0.3, -0.25) is 0 Å². The van der Waals surface area contributed by atoms with Crippen molar-refractivity contribution in [3.05, 3.63) is 30.1 Å². The molecule has 0 aliphatic rings. The van der Waals surface area contributed by atoms with Gasteiger partial charge < -0.3 is 10.3 Å². The van der Waals surface area contributed by atoms with Gasteiger partial charge >= 0.3 is 0 Å². The first-order valence-electron chi connectivity index (χ1n) is 5.30. The second-order valence-corrected chi connectivity index (χ2v) is 4.22. The number of hydrogen-bond acceptors (Lipinski definition) is 2. The largest absolute Gasteiger partial charge is 0.334 e. The van der Waals surface area contributed by atoms with Gasteiger partial charge in [0.15, 0.2) is 0 Å². The maximum absolute atomic E-state index is 5.62. The van der Waals surface area contributed by atoms with Crippen molar-refractivity contribution in [3.63, 3.8) is 0 Å². The molecule has 15 heavy (non-hydrogen) atoms. The summed E-state index contributed by atoms with van der Waals surface area (Å²) in [6.07, 6.45) is 2.89. The van der Waals surface area contributed by atoms with Crippen LogP contribution in [0.3, 0.4) is 0 Å². The van der Waals surface area contributed by atoms with Crippen molar-refractivity contribution in [2.45, 2.75) is 13.3 Å². The normalized spacial score (nSPS) is 13.3. The Kier molecular flexibility index (Phi) is 2.73. The third kappa shape index (κ3) is 2.02. The fourth-order valence-electron chi connectivity index (χ4n) is 1.78. The van der Waals surface area contributed by atoms with E-state index in [0.29, 0.717) is 5.92 Å². The number of aromatic nitrogens is 2. The molecule has 0 fully saturated rings. The maximum Gasteiger partial charge on any atom is 0.0955 e. The van der Waals surface area contributed by atoms with Crippen molar-refractivity contribution in [1.82, 2.24) is 9.55 Å². The Labute approximate surface area is 89.9 Å². The summed E-state index contributed by atoms with van der Waals surface area (Å²) in [5, 5.41) is 0. The molecule has 3 nitrogen and oxygen atoms in total. The van der Waals surface area contributed by atoms with Crippen LogP contribution in [0.2, 0.25) is 0 Å². The molecule has 1 atom stereocenters. The second-order valence-electron chi connectivity index (χ2n) is 4.22. The Bertz CT molecular complexity index is 459. The van der Waals surface area contributed by atoms with E-state index >= 15 is 0 Å². The predicted octanol–water partition coefficient (Wildman–Crippen LogP) is 1.71. The molecule has 1 aromatic carbocycles. The van der Waals surface area contributed by atoms with Gasteiger partial charge in [0, 0.05) is 7.05 Å². The number of benzene rings is 1. The van der Waals surface area contributed by atoms with Crippen molar-refractivity contribution in [3.8, 4) is 0 Å². The number of nitrogens with zero attached hydrogens (tertiary/aromatic N) is 2. The van der Waals surface area contributed by atoms with Crippen LogP contribution < -0.4 is 5.73 Å². The van der Waals surface area contributed by atoms with Crippen LogP contribution in [-0.2, 0) is 13.5 Å². The van der Waals surface area contributed by atoms with Gasteiger partial charge in [-0.1, -0.05) is 13.0 Å². The zero-order chi connectivity index (χ0) is 10.8. The van der Waals surface area contributed by atoms with Crippen LogP contribution in [0.1, 0.15) is 12.5 Å². The summed E-state index contributed by atoms with van der Waals surface area (Å²) in [6, 6.07) is 6.42. The summed E-state index contributed by atoms with van der Waals surface area (Å²) in [5.74, 6) is 0.538. The smallest absolute Gasteiger partial charge is 0.0955 e. The van der Waals surface area contributed by atoms with E-state index < -0.39 is 0 Å². The first kappa shape index (κ1) is 10.2. The highest BCUT2D eigenvalue weighted by molar-refractivity contribution is 5.75. The predicted molar refractivity (Wildman–Crippen MR) is 62.6 cm³/mol. The molecule has 0 radical (unpaired) electrons. The van der Waals surface area contributed by atoms with Crippen molar-refractivity contribution < 1.29 is 0 Å². The van der Waals surface area contributed by atoms with Crippen molar-refractivity contribution in [2.75, 3.05) is 6.54 Å². The van der Waals surface area contributed by atoms with E-state index in [2.05, 4.69) is 30.1 Å². The minimum Gasteiger partial charge on any atom is -0.334 e. The maximum atomic E-state index is 5.62. The number of imidazole rings is 1. The lowest BCUT2D eigenvalue weighted by atomic mass is 10.0. The van der Waals surface area contributed by atoms with E-state index in [1.165, 1.54) is 11.1 Å². The summed E-state index contributed by atoms with van der Waals surface area (Å²) in [4.78, 5) is 4.30. The summed E-state index contributed by atoms with van der Waals surface area (Å²) < 4.78 is 2.05. The monoisotopic (exact) mass is 203 g/mol. The quantitative estimate of drug-likeness (QED) is 0.825. The standard InChI is InChI=1S/C12H17N3/c1-9(7-13)5-10-3-4-11-12(6-10)15(2)8-14-11/h3-4,6,8-9H,5,7,13H2,1-2H3. The molecule has 0 amide bonds. The SMILES string of the molecule is CC(CN)Cc1ccc2ncn(C)c2c1. The molecular weight excluding hydrogens is 186 g/mol. The average Bonchev–Trinajstić information content (AvgIpc) is 2.60. The number of aryl methyl sites for hydroxylation is 1. The lowest BCUT2D eigenvalue weighted by Crippen LogP contribution is -2.13. The van der Waals surface area contributed by atoms with Crippen molar-refractivity contribution in [1.29, 1.82) is 0 Å². The highest BCUT2D eigenvalue weighted by Gasteiger charge is 2.04. The van der Waals surface area contributed by atoms with Crippen molar-refractivity contribution in [2.24, 2.45) is 18.7 Å². The van der Waals surface area contributed by atoms with E-state index in [1.807, 2.05) is 17.9 Å². The molecular formula is C12H17N3. The topological polar surface area (TPSA) is 43.8 Å². The first-order chi connectivity index (χ1) is 7.20. The van der Waals surface area contributed by atoms with E-state index in [0.717, 1.165) is 18.5 Å². The van der Waals surface area contributed by atoms with Crippen LogP contribution in [0.5, 0.6) is 0 Å². The number of rotatable bonds is 3. The molecule has 0 saturated heterocycles. The van der Waals surface area contributed by atoms with Crippen LogP contribution in [0.4, 0.5) is 0 Å². The van der Waals surface area contributed by atoms with Gasteiger partial charge in [-0.15, -0.1) is 0 Å². The molecule has 0 saturated carbocycles. The Morgan fingerprint density at radius 3 is 3.00 bits per heavy atom. The minimum absolute atomic E-state index is 0.538. The molecule has 2 N–H and O–H groups in total. The Morgan fingerprint density at radius 2 is 2.27 bits per heavy atom. The minimum atomic E-state index is 0.538. The second kappa shape index (κ2) is 4.03. The number of fused-ring (bicyclic) bond motifs is 1.